The van der Waals surface area contributed by atoms with Crippen LogP contribution in [0.25, 0.3) is 0 Å². The van der Waals surface area contributed by atoms with E-state index in [0.29, 0.717) is 19.0 Å². The molecular formula is C25H32BrNO5. The quantitative estimate of drug-likeness (QED) is 0.175. The van der Waals surface area contributed by atoms with Crippen molar-refractivity contribution in [3.05, 3.63) is 63.6 Å². The molecule has 0 aromatic heterocycles. The Kier molecular flexibility index (Phi) is 10.4. The van der Waals surface area contributed by atoms with Crippen LogP contribution in [0.3, 0.4) is 0 Å². The number of esters is 1. The summed E-state index contributed by atoms with van der Waals surface area (Å²) >= 11 is 3.62. The fourth-order valence-electron chi connectivity index (χ4n) is 3.08. The monoisotopic (exact) mass is 505 g/mol. The van der Waals surface area contributed by atoms with Crippen molar-refractivity contribution in [2.45, 2.75) is 38.6 Å². The molecule has 0 aliphatic rings. The van der Waals surface area contributed by atoms with Crippen molar-refractivity contribution in [2.75, 3.05) is 34.2 Å². The number of aliphatic imine (C=N–C) groups is 1. The highest BCUT2D eigenvalue weighted by molar-refractivity contribution is 9.10. The molecule has 6 nitrogen and oxygen atoms in total. The van der Waals surface area contributed by atoms with Gasteiger partial charge in [-0.25, -0.2) is 0 Å². The second-order valence-electron chi connectivity index (χ2n) is 8.27. The molecule has 0 radical (unpaired) electrons. The number of carbonyl (C=O) groups excluding carboxylic acids is 1. The Labute approximate surface area is 199 Å². The number of ether oxygens (including phenoxy) is 4. The van der Waals surface area contributed by atoms with Gasteiger partial charge in [-0.15, -0.1) is 0 Å². The van der Waals surface area contributed by atoms with E-state index in [0.717, 1.165) is 21.2 Å². The van der Waals surface area contributed by atoms with Gasteiger partial charge in [0.05, 0.1) is 32.8 Å². The summed E-state index contributed by atoms with van der Waals surface area (Å²) in [6, 6.07) is 13.2. The van der Waals surface area contributed by atoms with Crippen LogP contribution in [0.4, 0.5) is 0 Å². The van der Waals surface area contributed by atoms with Crippen molar-refractivity contribution in [3.8, 4) is 5.75 Å². The molecule has 0 aliphatic heterocycles. The minimum absolute atomic E-state index is 0.0639. The van der Waals surface area contributed by atoms with Crippen molar-refractivity contribution in [3.63, 3.8) is 0 Å². The Balaban J connectivity index is 2.49. The summed E-state index contributed by atoms with van der Waals surface area (Å²) in [4.78, 5) is 17.0. The summed E-state index contributed by atoms with van der Waals surface area (Å²) in [5.74, 6) is 0.317. The molecule has 0 saturated carbocycles. The first kappa shape index (κ1) is 26.0. The van der Waals surface area contributed by atoms with Crippen LogP contribution in [0.5, 0.6) is 5.75 Å². The summed E-state index contributed by atoms with van der Waals surface area (Å²) in [5.41, 5.74) is 2.51. The standard InChI is InChI=1S/C25H32BrNO5/c1-25(2,3)21-14-19(26)13-20(24(21)32-17-31-12-11-29-4)22(15-23(28)30-5)27-16-18-9-7-6-8-10-18/h6-10,13-14,16,22H,11-12,15,17H2,1-5H3/b27-16+/t22-/m0/s1. The molecule has 0 amide bonds. The Morgan fingerprint density at radius 3 is 2.47 bits per heavy atom. The zero-order chi connectivity index (χ0) is 23.6. The summed E-state index contributed by atoms with van der Waals surface area (Å²) in [6.07, 6.45) is 1.85. The van der Waals surface area contributed by atoms with Gasteiger partial charge in [0.25, 0.3) is 0 Å². The van der Waals surface area contributed by atoms with Crippen molar-refractivity contribution in [1.82, 2.24) is 0 Å². The van der Waals surface area contributed by atoms with E-state index in [1.165, 1.54) is 7.11 Å². The van der Waals surface area contributed by atoms with E-state index in [1.54, 1.807) is 13.3 Å². The molecule has 2 aromatic carbocycles. The average Bonchev–Trinajstić information content (AvgIpc) is 2.76. The first-order valence-electron chi connectivity index (χ1n) is 10.4. The fraction of sp³-hybridized carbons (Fsp3) is 0.440. The van der Waals surface area contributed by atoms with Crippen molar-refractivity contribution in [2.24, 2.45) is 4.99 Å². The molecule has 0 heterocycles. The number of methoxy groups -OCH3 is 2. The predicted molar refractivity (Wildman–Crippen MR) is 130 cm³/mol. The maximum atomic E-state index is 12.2. The van der Waals surface area contributed by atoms with E-state index >= 15 is 0 Å². The van der Waals surface area contributed by atoms with Gasteiger partial charge >= 0.3 is 5.97 Å². The number of hydrogen-bond donors (Lipinski definition) is 0. The molecule has 2 rings (SSSR count). The summed E-state index contributed by atoms with van der Waals surface area (Å²) in [5, 5.41) is 0. The molecule has 0 N–H and O–H groups in total. The van der Waals surface area contributed by atoms with Gasteiger partial charge in [0.15, 0.2) is 6.79 Å². The summed E-state index contributed by atoms with van der Waals surface area (Å²) in [6.45, 7) is 7.30. The number of halogens is 1. The van der Waals surface area contributed by atoms with Gasteiger partial charge in [-0.1, -0.05) is 67.0 Å². The molecule has 0 fully saturated rings. The third-order valence-electron chi connectivity index (χ3n) is 4.76. The predicted octanol–water partition coefficient (Wildman–Crippen LogP) is 5.47. The van der Waals surface area contributed by atoms with Gasteiger partial charge in [0, 0.05) is 28.9 Å². The number of nitrogens with zero attached hydrogens (tertiary/aromatic N) is 1. The SMILES string of the molecule is COCCOCOc1c([C@H](CC(=O)OC)/N=C/c2ccccc2)cc(Br)cc1C(C)(C)C. The Morgan fingerprint density at radius 2 is 1.84 bits per heavy atom. The molecule has 1 atom stereocenters. The van der Waals surface area contributed by atoms with Crippen LogP contribution >= 0.6 is 15.9 Å². The van der Waals surface area contributed by atoms with Crippen molar-refractivity contribution < 1.29 is 23.7 Å². The lowest BCUT2D eigenvalue weighted by Crippen LogP contribution is -2.18. The van der Waals surface area contributed by atoms with E-state index in [9.17, 15) is 4.79 Å². The van der Waals surface area contributed by atoms with E-state index in [2.05, 4.69) is 36.7 Å². The molecular weight excluding hydrogens is 474 g/mol. The van der Waals surface area contributed by atoms with Crippen LogP contribution in [-0.2, 0) is 24.4 Å². The highest BCUT2D eigenvalue weighted by Crippen LogP contribution is 2.41. The molecule has 0 bridgehead atoms. The van der Waals surface area contributed by atoms with Crippen LogP contribution in [0.2, 0.25) is 0 Å². The lowest BCUT2D eigenvalue weighted by atomic mass is 9.84. The van der Waals surface area contributed by atoms with Gasteiger partial charge in [-0.05, 0) is 23.1 Å². The lowest BCUT2D eigenvalue weighted by molar-refractivity contribution is -0.141. The zero-order valence-corrected chi connectivity index (χ0v) is 21.0. The zero-order valence-electron chi connectivity index (χ0n) is 19.4. The summed E-state index contributed by atoms with van der Waals surface area (Å²) in [7, 11) is 3.00. The molecule has 7 heteroatoms. The molecule has 0 saturated heterocycles. The molecule has 174 valence electrons. The highest BCUT2D eigenvalue weighted by Gasteiger charge is 2.27. The number of benzene rings is 2. The smallest absolute Gasteiger partial charge is 0.308 e. The van der Waals surface area contributed by atoms with Crippen LogP contribution in [0.1, 0.15) is 49.9 Å². The maximum Gasteiger partial charge on any atom is 0.308 e. The van der Waals surface area contributed by atoms with E-state index in [-0.39, 0.29) is 24.6 Å². The Morgan fingerprint density at radius 1 is 1.12 bits per heavy atom. The molecule has 0 unspecified atom stereocenters. The van der Waals surface area contributed by atoms with Crippen LogP contribution in [0.15, 0.2) is 51.9 Å². The van der Waals surface area contributed by atoms with Gasteiger partial charge in [-0.2, -0.15) is 0 Å². The average molecular weight is 506 g/mol. The first-order valence-corrected chi connectivity index (χ1v) is 11.2. The van der Waals surface area contributed by atoms with E-state index < -0.39 is 6.04 Å². The van der Waals surface area contributed by atoms with Crippen molar-refractivity contribution in [1.29, 1.82) is 0 Å². The van der Waals surface area contributed by atoms with E-state index in [1.807, 2.05) is 42.5 Å². The van der Waals surface area contributed by atoms with E-state index in [4.69, 9.17) is 23.9 Å². The largest absolute Gasteiger partial charge is 0.469 e. The molecule has 0 spiro atoms. The molecule has 0 aliphatic carbocycles. The van der Waals surface area contributed by atoms with Crippen LogP contribution in [-0.4, -0.2) is 46.4 Å². The first-order chi connectivity index (χ1) is 15.3. The number of rotatable bonds is 11. The second-order valence-corrected chi connectivity index (χ2v) is 9.19. The van der Waals surface area contributed by atoms with Crippen LogP contribution in [0, 0.1) is 0 Å². The topological polar surface area (TPSA) is 66.4 Å². The fourth-order valence-corrected chi connectivity index (χ4v) is 3.56. The Hall–Kier alpha value is -2.22. The Bertz CT molecular complexity index is 893. The lowest BCUT2D eigenvalue weighted by Gasteiger charge is -2.27. The third kappa shape index (κ3) is 8.04. The van der Waals surface area contributed by atoms with Gasteiger partial charge < -0.3 is 18.9 Å². The van der Waals surface area contributed by atoms with Gasteiger partial charge in [-0.3, -0.25) is 9.79 Å². The molecule has 2 aromatic rings. The minimum atomic E-state index is -0.491. The minimum Gasteiger partial charge on any atom is -0.469 e. The van der Waals surface area contributed by atoms with Gasteiger partial charge in [0.1, 0.15) is 5.75 Å². The second kappa shape index (κ2) is 12.7. The van der Waals surface area contributed by atoms with Gasteiger partial charge in [0.2, 0.25) is 0 Å². The number of carbonyl (C=O) groups is 1. The summed E-state index contributed by atoms with van der Waals surface area (Å²) < 4.78 is 22.5. The third-order valence-corrected chi connectivity index (χ3v) is 5.22. The number of hydrogen-bond acceptors (Lipinski definition) is 6. The van der Waals surface area contributed by atoms with Crippen molar-refractivity contribution >= 4 is 28.1 Å². The maximum absolute atomic E-state index is 12.2. The highest BCUT2D eigenvalue weighted by atomic mass is 79.9. The normalized spacial score (nSPS) is 12.7. The van der Waals surface area contributed by atoms with Crippen LogP contribution < -0.4 is 4.74 Å². The molecule has 32 heavy (non-hydrogen) atoms.